The third-order valence-electron chi connectivity index (χ3n) is 14.2. The van der Waals surface area contributed by atoms with E-state index < -0.39 is 0 Å². The van der Waals surface area contributed by atoms with Crippen LogP contribution in [0.3, 0.4) is 0 Å². The number of benzene rings is 11. The van der Waals surface area contributed by atoms with Crippen molar-refractivity contribution in [3.05, 3.63) is 247 Å². The number of hydrogen-bond donors (Lipinski definition) is 0. The molecular formula is C64H41NOS. The van der Waals surface area contributed by atoms with Gasteiger partial charge in [0.15, 0.2) is 0 Å². The largest absolute Gasteiger partial charge is 0.456 e. The normalized spacial score (nSPS) is 12.5. The van der Waals surface area contributed by atoms with E-state index in [2.05, 4.69) is 229 Å². The zero-order valence-electron chi connectivity index (χ0n) is 36.5. The van der Waals surface area contributed by atoms with Crippen molar-refractivity contribution in [3.63, 3.8) is 0 Å². The fourth-order valence-electron chi connectivity index (χ4n) is 11.0. The summed E-state index contributed by atoms with van der Waals surface area (Å²) in [5.74, 6) is 0.0964. The first kappa shape index (κ1) is 38.1. The van der Waals surface area contributed by atoms with Crippen LogP contribution in [0.5, 0.6) is 0 Å². The average Bonchev–Trinajstić information content (AvgIpc) is 4.06. The summed E-state index contributed by atoms with van der Waals surface area (Å²) < 4.78 is 11.6. The van der Waals surface area contributed by atoms with E-state index in [1.807, 2.05) is 17.4 Å². The molecule has 11 aromatic carbocycles. The van der Waals surface area contributed by atoms with E-state index in [1.165, 1.54) is 102 Å². The second-order valence-electron chi connectivity index (χ2n) is 18.0. The van der Waals surface area contributed by atoms with Crippen molar-refractivity contribution in [1.82, 2.24) is 4.57 Å². The smallest absolute Gasteiger partial charge is 0.135 e. The van der Waals surface area contributed by atoms with Gasteiger partial charge in [0.05, 0.1) is 11.0 Å². The molecule has 0 fully saturated rings. The van der Waals surface area contributed by atoms with Gasteiger partial charge in [-0.05, 0) is 128 Å². The fourth-order valence-corrected chi connectivity index (χ4v) is 12.1. The zero-order chi connectivity index (χ0) is 44.0. The van der Waals surface area contributed by atoms with Crippen molar-refractivity contribution >= 4 is 96.8 Å². The first-order valence-electron chi connectivity index (χ1n) is 23.1. The van der Waals surface area contributed by atoms with Crippen LogP contribution in [0.1, 0.15) is 22.6 Å². The highest BCUT2D eigenvalue weighted by Crippen LogP contribution is 2.43. The lowest BCUT2D eigenvalue weighted by atomic mass is 9.84. The number of fused-ring (bicyclic) bond motifs is 12. The molecule has 0 saturated heterocycles. The van der Waals surface area contributed by atoms with Gasteiger partial charge in [0, 0.05) is 53.3 Å². The van der Waals surface area contributed by atoms with Gasteiger partial charge in [-0.3, -0.25) is 0 Å². The Kier molecular flexibility index (Phi) is 8.62. The van der Waals surface area contributed by atoms with Gasteiger partial charge in [-0.2, -0.15) is 0 Å². The van der Waals surface area contributed by atoms with Gasteiger partial charge < -0.3 is 8.98 Å². The third kappa shape index (κ3) is 6.23. The van der Waals surface area contributed by atoms with E-state index in [-0.39, 0.29) is 5.92 Å². The molecule has 0 N–H and O–H groups in total. The highest BCUT2D eigenvalue weighted by atomic mass is 32.1. The van der Waals surface area contributed by atoms with Crippen LogP contribution < -0.4 is 0 Å². The molecular weight excluding hydrogens is 831 g/mol. The van der Waals surface area contributed by atoms with Gasteiger partial charge in [-0.25, -0.2) is 0 Å². The molecule has 0 spiro atoms. The highest BCUT2D eigenvalue weighted by molar-refractivity contribution is 7.26. The molecule has 1 unspecified atom stereocenters. The Morgan fingerprint density at radius 1 is 0.388 bits per heavy atom. The molecule has 14 aromatic rings. The zero-order valence-corrected chi connectivity index (χ0v) is 37.3. The SMILES string of the molecule is c1ccc(-n2c3ccc(-c4cccc(CC(c5ccc(-c6cccc7ccccc67)cc5)c5ccc6c(c5)oc5ccccc56)c4)cc3c3cc4c(ccc5sc6ccccc6c54)cc32)cc1. The molecule has 67 heavy (non-hydrogen) atoms. The second kappa shape index (κ2) is 15.2. The van der Waals surface area contributed by atoms with E-state index in [9.17, 15) is 0 Å². The summed E-state index contributed by atoms with van der Waals surface area (Å²) in [6, 6.07) is 85.1. The minimum absolute atomic E-state index is 0.0964. The minimum Gasteiger partial charge on any atom is -0.456 e. The van der Waals surface area contributed by atoms with Gasteiger partial charge in [-0.1, -0.05) is 170 Å². The lowest BCUT2D eigenvalue weighted by Gasteiger charge is -2.20. The second-order valence-corrected chi connectivity index (χ2v) is 19.1. The van der Waals surface area contributed by atoms with Crippen LogP contribution in [0.15, 0.2) is 235 Å². The maximum atomic E-state index is 6.48. The molecule has 314 valence electrons. The Morgan fingerprint density at radius 3 is 2.01 bits per heavy atom. The molecule has 0 saturated carbocycles. The van der Waals surface area contributed by atoms with Gasteiger partial charge >= 0.3 is 0 Å². The highest BCUT2D eigenvalue weighted by Gasteiger charge is 2.21. The van der Waals surface area contributed by atoms with Crippen molar-refractivity contribution in [2.45, 2.75) is 12.3 Å². The predicted octanol–water partition coefficient (Wildman–Crippen LogP) is 18.1. The van der Waals surface area contributed by atoms with Crippen molar-refractivity contribution in [1.29, 1.82) is 0 Å². The Hall–Kier alpha value is -8.24. The molecule has 0 aliphatic heterocycles. The monoisotopic (exact) mass is 871 g/mol. The maximum Gasteiger partial charge on any atom is 0.135 e. The molecule has 0 aliphatic rings. The van der Waals surface area contributed by atoms with Crippen LogP contribution in [-0.2, 0) is 6.42 Å². The molecule has 1 atom stereocenters. The van der Waals surface area contributed by atoms with E-state index in [1.54, 1.807) is 0 Å². The van der Waals surface area contributed by atoms with Crippen molar-refractivity contribution in [3.8, 4) is 27.9 Å². The van der Waals surface area contributed by atoms with Crippen LogP contribution in [0.2, 0.25) is 0 Å². The first-order chi connectivity index (χ1) is 33.2. The third-order valence-corrected chi connectivity index (χ3v) is 15.3. The van der Waals surface area contributed by atoms with Crippen LogP contribution in [-0.4, -0.2) is 4.57 Å². The van der Waals surface area contributed by atoms with Gasteiger partial charge in [0.2, 0.25) is 0 Å². The molecule has 0 amide bonds. The average molecular weight is 872 g/mol. The molecule has 3 aromatic heterocycles. The number of furan rings is 1. The van der Waals surface area contributed by atoms with E-state index in [4.69, 9.17) is 4.42 Å². The van der Waals surface area contributed by atoms with Crippen LogP contribution >= 0.6 is 11.3 Å². The lowest BCUT2D eigenvalue weighted by molar-refractivity contribution is 0.667. The number of hydrogen-bond acceptors (Lipinski definition) is 2. The summed E-state index contributed by atoms with van der Waals surface area (Å²) in [7, 11) is 0. The topological polar surface area (TPSA) is 18.1 Å². The predicted molar refractivity (Wildman–Crippen MR) is 285 cm³/mol. The van der Waals surface area contributed by atoms with Crippen LogP contribution in [0, 0.1) is 0 Å². The Labute approximate surface area is 391 Å². The Balaban J connectivity index is 0.895. The van der Waals surface area contributed by atoms with E-state index in [0.717, 1.165) is 34.0 Å². The summed E-state index contributed by atoms with van der Waals surface area (Å²) in [5, 5.41) is 12.6. The molecule has 0 bridgehead atoms. The molecule has 3 heteroatoms. The molecule has 2 nitrogen and oxygen atoms in total. The molecule has 14 rings (SSSR count). The summed E-state index contributed by atoms with van der Waals surface area (Å²) in [6.07, 6.45) is 0.833. The quantitative estimate of drug-likeness (QED) is 0.156. The fraction of sp³-hybridized carbons (Fsp3) is 0.0312. The summed E-state index contributed by atoms with van der Waals surface area (Å²) in [6.45, 7) is 0. The van der Waals surface area contributed by atoms with Crippen molar-refractivity contribution in [2.75, 3.05) is 0 Å². The van der Waals surface area contributed by atoms with Crippen LogP contribution in [0.25, 0.3) is 113 Å². The lowest BCUT2D eigenvalue weighted by Crippen LogP contribution is -2.05. The number of rotatable bonds is 7. The Bertz CT molecular complexity index is 4240. The van der Waals surface area contributed by atoms with E-state index >= 15 is 0 Å². The first-order valence-corrected chi connectivity index (χ1v) is 24.0. The summed E-state index contributed by atoms with van der Waals surface area (Å²) in [5.41, 5.74) is 14.1. The van der Waals surface area contributed by atoms with E-state index in [0.29, 0.717) is 0 Å². The Morgan fingerprint density at radius 2 is 1.10 bits per heavy atom. The standard InChI is InChI=1S/C64H41NOS/c1-2-16-48(17-3-1)65-58-32-29-45(36-56(58)57-39-55-46(37-59(57)65)30-33-63-64(55)53-20-7-9-23-62(53)67-63)44-15-10-12-40(34-44)35-54(47-28-31-52-51-19-6-8-22-60(51)66-61(52)38-47)43-26-24-42(25-27-43)50-21-11-14-41-13-4-5-18-49(41)50/h1-34,36-39,54H,35H2. The summed E-state index contributed by atoms with van der Waals surface area (Å²) in [4.78, 5) is 0. The van der Waals surface area contributed by atoms with Crippen molar-refractivity contribution < 1.29 is 4.42 Å². The number of para-hydroxylation sites is 2. The van der Waals surface area contributed by atoms with Gasteiger partial charge in [-0.15, -0.1) is 11.3 Å². The van der Waals surface area contributed by atoms with Gasteiger partial charge in [0.1, 0.15) is 11.2 Å². The number of nitrogens with zero attached hydrogens (tertiary/aromatic N) is 1. The summed E-state index contributed by atoms with van der Waals surface area (Å²) >= 11 is 1.88. The number of aromatic nitrogens is 1. The molecule has 0 aliphatic carbocycles. The minimum atomic E-state index is 0.0964. The number of thiophene rings is 1. The van der Waals surface area contributed by atoms with Crippen molar-refractivity contribution in [2.24, 2.45) is 0 Å². The maximum absolute atomic E-state index is 6.48. The molecule has 0 radical (unpaired) electrons. The van der Waals surface area contributed by atoms with Crippen LogP contribution in [0.4, 0.5) is 0 Å². The molecule has 3 heterocycles. The van der Waals surface area contributed by atoms with Gasteiger partial charge in [0.25, 0.3) is 0 Å².